The summed E-state index contributed by atoms with van der Waals surface area (Å²) in [5, 5.41) is 0. The Hall–Kier alpha value is -0.280. The smallest absolute Gasteiger partial charge is 0.168 e. The lowest BCUT2D eigenvalue weighted by Crippen LogP contribution is -2.25. The number of alkyl halides is 3. The second kappa shape index (κ2) is 3.69. The first-order valence-electron chi connectivity index (χ1n) is 2.45. The first kappa shape index (κ1) is 8.72. The van der Waals surface area contributed by atoms with Crippen molar-refractivity contribution < 1.29 is 17.6 Å². The molecule has 3 atom stereocenters. The van der Waals surface area contributed by atoms with Crippen LogP contribution in [0.5, 0.6) is 0 Å². The van der Waals surface area contributed by atoms with E-state index in [1.165, 1.54) is 0 Å². The van der Waals surface area contributed by atoms with Crippen molar-refractivity contribution in [1.29, 1.82) is 0 Å². The number of hydrogen-bond acceptors (Lipinski definition) is 0. The van der Waals surface area contributed by atoms with Gasteiger partial charge in [0.2, 0.25) is 0 Å². The lowest BCUT2D eigenvalue weighted by Gasteiger charge is -2.09. The van der Waals surface area contributed by atoms with Crippen LogP contribution in [0.2, 0.25) is 0 Å². The van der Waals surface area contributed by atoms with Gasteiger partial charge >= 0.3 is 0 Å². The summed E-state index contributed by atoms with van der Waals surface area (Å²) in [6.07, 6.45) is -6.79. The minimum Gasteiger partial charge on any atom is -0.244 e. The Bertz CT molecular complexity index is 73.4. The number of rotatable bonds is 3. The van der Waals surface area contributed by atoms with Gasteiger partial charge in [-0.25, -0.2) is 17.6 Å². The summed E-state index contributed by atoms with van der Waals surface area (Å²) < 4.78 is 46.5. The molecule has 0 fully saturated rings. The van der Waals surface area contributed by atoms with Crippen molar-refractivity contribution in [2.45, 2.75) is 25.4 Å². The lowest BCUT2D eigenvalue weighted by molar-refractivity contribution is 0.0949. The van der Waals surface area contributed by atoms with Crippen molar-refractivity contribution in [3.05, 3.63) is 6.67 Å². The molecule has 0 aromatic rings. The van der Waals surface area contributed by atoms with Gasteiger partial charge in [0, 0.05) is 0 Å². The monoisotopic (exact) mass is 143 g/mol. The molecule has 0 rings (SSSR count). The van der Waals surface area contributed by atoms with E-state index in [1.807, 2.05) is 0 Å². The first-order valence-corrected chi connectivity index (χ1v) is 2.45. The molecule has 0 spiro atoms. The zero-order valence-corrected chi connectivity index (χ0v) is 4.82. The van der Waals surface area contributed by atoms with E-state index in [-0.39, 0.29) is 0 Å². The summed E-state index contributed by atoms with van der Waals surface area (Å²) in [6, 6.07) is 0. The highest BCUT2D eigenvalue weighted by Crippen LogP contribution is 2.13. The van der Waals surface area contributed by atoms with Gasteiger partial charge in [0.15, 0.2) is 19.0 Å². The van der Waals surface area contributed by atoms with Crippen molar-refractivity contribution in [2.24, 2.45) is 0 Å². The van der Waals surface area contributed by atoms with Gasteiger partial charge in [-0.1, -0.05) is 0 Å². The first-order chi connectivity index (χ1) is 4.09. The third kappa shape index (κ3) is 2.67. The van der Waals surface area contributed by atoms with Crippen LogP contribution in [0.1, 0.15) is 6.92 Å². The molecule has 0 amide bonds. The van der Waals surface area contributed by atoms with Crippen LogP contribution in [0.3, 0.4) is 0 Å². The van der Waals surface area contributed by atoms with Crippen LogP contribution in [0.15, 0.2) is 0 Å². The largest absolute Gasteiger partial charge is 0.244 e. The van der Waals surface area contributed by atoms with Crippen LogP contribution in [-0.4, -0.2) is 18.5 Å². The summed E-state index contributed by atoms with van der Waals surface area (Å²) in [5.74, 6) is 0. The highest BCUT2D eigenvalue weighted by atomic mass is 19.2. The predicted octanol–water partition coefficient (Wildman–Crippen LogP) is 2.15. The number of hydrogen-bond donors (Lipinski definition) is 0. The lowest BCUT2D eigenvalue weighted by atomic mass is 10.2. The topological polar surface area (TPSA) is 0 Å². The Balaban J connectivity index is 3.58. The Morgan fingerprint density at radius 2 is 1.67 bits per heavy atom. The maximum Gasteiger partial charge on any atom is 0.168 e. The Labute approximate surface area is 50.9 Å². The molecule has 1 radical (unpaired) electrons. The zero-order chi connectivity index (χ0) is 7.44. The van der Waals surface area contributed by atoms with Gasteiger partial charge < -0.3 is 0 Å². The van der Waals surface area contributed by atoms with Crippen molar-refractivity contribution in [1.82, 2.24) is 0 Å². The molecule has 0 aliphatic carbocycles. The summed E-state index contributed by atoms with van der Waals surface area (Å²) in [7, 11) is 0. The molecule has 9 heavy (non-hydrogen) atoms. The summed E-state index contributed by atoms with van der Waals surface area (Å²) in [5.41, 5.74) is 0. The van der Waals surface area contributed by atoms with Gasteiger partial charge in [-0.3, -0.25) is 0 Å². The van der Waals surface area contributed by atoms with Crippen molar-refractivity contribution >= 4 is 0 Å². The molecule has 0 saturated heterocycles. The normalized spacial score (nSPS) is 21.0. The fourth-order valence-electron chi connectivity index (χ4n) is 0.323. The maximum atomic E-state index is 11.9. The maximum absolute atomic E-state index is 11.9. The fourth-order valence-corrected chi connectivity index (χ4v) is 0.323. The molecule has 0 aromatic heterocycles. The van der Waals surface area contributed by atoms with Crippen LogP contribution in [0, 0.1) is 6.67 Å². The summed E-state index contributed by atoms with van der Waals surface area (Å²) in [6.45, 7) is 0.335. The van der Waals surface area contributed by atoms with Crippen LogP contribution in [-0.2, 0) is 0 Å². The quantitative estimate of drug-likeness (QED) is 0.531. The van der Waals surface area contributed by atoms with E-state index >= 15 is 0 Å². The molecular formula is C5H7F4. The van der Waals surface area contributed by atoms with E-state index in [4.69, 9.17) is 0 Å². The highest BCUT2D eigenvalue weighted by molar-refractivity contribution is 4.78. The molecule has 55 valence electrons. The molecule has 0 bridgehead atoms. The zero-order valence-electron chi connectivity index (χ0n) is 4.82. The standard InChI is InChI=1S/C5H7F4/c1-3(7)5(9)4(8)2-6/h2-5H,1H3. The van der Waals surface area contributed by atoms with Gasteiger partial charge in [-0.15, -0.1) is 0 Å². The molecule has 4 heteroatoms. The van der Waals surface area contributed by atoms with Crippen LogP contribution < -0.4 is 0 Å². The molecule has 0 saturated carbocycles. The Morgan fingerprint density at radius 3 is 1.78 bits per heavy atom. The van der Waals surface area contributed by atoms with Crippen LogP contribution in [0.4, 0.5) is 17.6 Å². The van der Waals surface area contributed by atoms with Crippen molar-refractivity contribution in [2.75, 3.05) is 0 Å². The van der Waals surface area contributed by atoms with Gasteiger partial charge in [0.1, 0.15) is 6.17 Å². The van der Waals surface area contributed by atoms with Gasteiger partial charge in [-0.2, -0.15) is 0 Å². The molecule has 0 heterocycles. The Kier molecular flexibility index (Phi) is 3.58. The van der Waals surface area contributed by atoms with Crippen molar-refractivity contribution in [3.8, 4) is 0 Å². The van der Waals surface area contributed by atoms with E-state index in [9.17, 15) is 17.6 Å². The summed E-state index contributed by atoms with van der Waals surface area (Å²) >= 11 is 0. The summed E-state index contributed by atoms with van der Waals surface area (Å²) in [4.78, 5) is 0. The average molecular weight is 143 g/mol. The van der Waals surface area contributed by atoms with E-state index in [0.717, 1.165) is 6.92 Å². The molecular weight excluding hydrogens is 136 g/mol. The fraction of sp³-hybridized carbons (Fsp3) is 0.800. The Morgan fingerprint density at radius 1 is 1.22 bits per heavy atom. The highest BCUT2D eigenvalue weighted by Gasteiger charge is 2.26. The number of halogens is 4. The molecule has 0 aromatic carbocycles. The third-order valence-corrected chi connectivity index (χ3v) is 0.863. The molecule has 0 aliphatic rings. The molecule has 3 unspecified atom stereocenters. The second-order valence-corrected chi connectivity index (χ2v) is 1.69. The van der Waals surface area contributed by atoms with Crippen LogP contribution >= 0.6 is 0 Å². The predicted molar refractivity (Wildman–Crippen MR) is 25.8 cm³/mol. The van der Waals surface area contributed by atoms with Crippen molar-refractivity contribution in [3.63, 3.8) is 0 Å². The van der Waals surface area contributed by atoms with E-state index < -0.39 is 25.2 Å². The average Bonchev–Trinajstić information content (AvgIpc) is 1.84. The SMILES string of the molecule is CC(F)C(F)C(F)[CH]F. The van der Waals surface area contributed by atoms with Gasteiger partial charge in [0.25, 0.3) is 0 Å². The molecule has 0 aliphatic heterocycles. The van der Waals surface area contributed by atoms with Gasteiger partial charge in [-0.05, 0) is 6.92 Å². The van der Waals surface area contributed by atoms with E-state index in [0.29, 0.717) is 0 Å². The minimum absolute atomic E-state index is 0.499. The third-order valence-electron chi connectivity index (χ3n) is 0.863. The molecule has 0 N–H and O–H groups in total. The minimum atomic E-state index is -2.44. The van der Waals surface area contributed by atoms with E-state index in [2.05, 4.69) is 0 Å². The van der Waals surface area contributed by atoms with Gasteiger partial charge in [0.05, 0.1) is 0 Å². The van der Waals surface area contributed by atoms with Crippen LogP contribution in [0.25, 0.3) is 0 Å². The molecule has 0 nitrogen and oxygen atoms in total. The second-order valence-electron chi connectivity index (χ2n) is 1.69. The van der Waals surface area contributed by atoms with E-state index in [1.54, 1.807) is 0 Å².